The Labute approximate surface area is 186 Å². The van der Waals surface area contributed by atoms with Crippen molar-refractivity contribution in [3.8, 4) is 0 Å². The number of rotatable bonds is 8. The normalized spacial score (nSPS) is 10.9. The Kier molecular flexibility index (Phi) is 6.63. The third-order valence-corrected chi connectivity index (χ3v) is 6.50. The number of carbonyl (C=O) groups is 1. The summed E-state index contributed by atoms with van der Waals surface area (Å²) in [6.07, 6.45) is 0.912. The molecule has 0 saturated heterocycles. The van der Waals surface area contributed by atoms with Gasteiger partial charge in [-0.2, -0.15) is 0 Å². The molecule has 4 aromatic rings. The zero-order valence-electron chi connectivity index (χ0n) is 16.8. The molecular weight excluding hydrogens is 432 g/mol. The van der Waals surface area contributed by atoms with Gasteiger partial charge in [0.15, 0.2) is 4.34 Å². The Hall–Kier alpha value is -3.17. The Balaban J connectivity index is 1.40. The third-order valence-electron chi connectivity index (χ3n) is 4.44. The largest absolute Gasteiger partial charge is 0.423 e. The molecule has 1 amide bonds. The summed E-state index contributed by atoms with van der Waals surface area (Å²) < 4.78 is 6.13. The second-order valence-electron chi connectivity index (χ2n) is 6.81. The number of amides is 1. The highest BCUT2D eigenvalue weighted by Crippen LogP contribution is 2.31. The van der Waals surface area contributed by atoms with Gasteiger partial charge in [0.05, 0.1) is 0 Å². The van der Waals surface area contributed by atoms with Gasteiger partial charge in [-0.05, 0) is 29.7 Å². The van der Waals surface area contributed by atoms with Crippen molar-refractivity contribution in [2.75, 3.05) is 17.2 Å². The molecule has 2 heterocycles. The van der Waals surface area contributed by atoms with E-state index >= 15 is 0 Å². The molecule has 2 aromatic heterocycles. The average molecular weight is 453 g/mol. The van der Waals surface area contributed by atoms with Crippen LogP contribution in [0.3, 0.4) is 0 Å². The molecule has 0 atom stereocenters. The quantitative estimate of drug-likeness (QED) is 0.299. The van der Waals surface area contributed by atoms with Crippen LogP contribution >= 0.6 is 23.1 Å². The smallest absolute Gasteiger partial charge is 0.336 e. The highest BCUT2D eigenvalue weighted by Gasteiger charge is 2.10. The lowest BCUT2D eigenvalue weighted by molar-refractivity contribution is -0.114. The second kappa shape index (κ2) is 9.76. The molecule has 9 heteroatoms. The molecule has 0 saturated carbocycles. The maximum absolute atomic E-state index is 12.0. The minimum absolute atomic E-state index is 0.183. The van der Waals surface area contributed by atoms with Crippen LogP contribution in [0.15, 0.2) is 68.1 Å². The van der Waals surface area contributed by atoms with E-state index < -0.39 is 5.63 Å². The molecule has 0 spiro atoms. The van der Waals surface area contributed by atoms with Crippen LogP contribution in [0.5, 0.6) is 0 Å². The maximum Gasteiger partial charge on any atom is 0.336 e. The molecular formula is C22H20N4O3S2. The number of anilines is 2. The van der Waals surface area contributed by atoms with Crippen molar-refractivity contribution in [1.29, 1.82) is 0 Å². The van der Waals surface area contributed by atoms with Gasteiger partial charge in [-0.1, -0.05) is 53.4 Å². The summed E-state index contributed by atoms with van der Waals surface area (Å²) in [6, 6.07) is 17.1. The standard InChI is InChI=1S/C22H20N4O3S2/c1-14(27)24-17-7-8-18-16(11-20(28)29-19(18)12-17)13-30-22-26-25-21(31-22)23-10-9-15-5-3-2-4-6-15/h2-8,11-12H,9-10,13H2,1H3,(H,23,25)(H,24,27). The molecule has 0 aliphatic rings. The van der Waals surface area contributed by atoms with Crippen LogP contribution in [0, 0.1) is 0 Å². The van der Waals surface area contributed by atoms with Gasteiger partial charge in [-0.3, -0.25) is 4.79 Å². The van der Waals surface area contributed by atoms with Crippen molar-refractivity contribution in [3.05, 3.63) is 76.1 Å². The first-order chi connectivity index (χ1) is 15.1. The summed E-state index contributed by atoms with van der Waals surface area (Å²) in [6.45, 7) is 2.21. The van der Waals surface area contributed by atoms with E-state index in [9.17, 15) is 9.59 Å². The summed E-state index contributed by atoms with van der Waals surface area (Å²) in [5, 5.41) is 16.0. The molecule has 4 rings (SSSR count). The van der Waals surface area contributed by atoms with Crippen molar-refractivity contribution in [3.63, 3.8) is 0 Å². The summed E-state index contributed by atoms with van der Waals surface area (Å²) in [4.78, 5) is 23.2. The van der Waals surface area contributed by atoms with Crippen LogP contribution in [0.1, 0.15) is 18.1 Å². The van der Waals surface area contributed by atoms with Crippen molar-refractivity contribution < 1.29 is 9.21 Å². The number of nitrogens with one attached hydrogen (secondary N) is 2. The van der Waals surface area contributed by atoms with E-state index in [4.69, 9.17) is 4.42 Å². The van der Waals surface area contributed by atoms with E-state index in [1.807, 2.05) is 24.3 Å². The Bertz CT molecular complexity index is 1250. The fourth-order valence-electron chi connectivity index (χ4n) is 3.07. The fraction of sp³-hybridized carbons (Fsp3) is 0.182. The number of hydrogen-bond donors (Lipinski definition) is 2. The van der Waals surface area contributed by atoms with Crippen LogP contribution in [0.25, 0.3) is 11.0 Å². The first kappa shape index (κ1) is 21.1. The number of carbonyl (C=O) groups excluding carboxylic acids is 1. The Morgan fingerprint density at radius 3 is 2.77 bits per heavy atom. The summed E-state index contributed by atoms with van der Waals surface area (Å²) in [7, 11) is 0. The van der Waals surface area contributed by atoms with Crippen molar-refractivity contribution in [2.45, 2.75) is 23.4 Å². The molecule has 158 valence electrons. The maximum atomic E-state index is 12.0. The molecule has 2 aromatic carbocycles. The monoisotopic (exact) mass is 452 g/mol. The highest BCUT2D eigenvalue weighted by atomic mass is 32.2. The topological polar surface area (TPSA) is 97.1 Å². The van der Waals surface area contributed by atoms with E-state index in [1.165, 1.54) is 41.7 Å². The zero-order chi connectivity index (χ0) is 21.6. The van der Waals surface area contributed by atoms with Crippen LogP contribution in [-0.2, 0) is 17.0 Å². The number of hydrogen-bond acceptors (Lipinski definition) is 8. The second-order valence-corrected chi connectivity index (χ2v) is 9.01. The lowest BCUT2D eigenvalue weighted by atomic mass is 10.1. The van der Waals surface area contributed by atoms with Gasteiger partial charge in [-0.15, -0.1) is 10.2 Å². The van der Waals surface area contributed by atoms with E-state index in [0.717, 1.165) is 33.4 Å². The number of aromatic nitrogens is 2. The Morgan fingerprint density at radius 1 is 1.13 bits per heavy atom. The molecule has 0 bridgehead atoms. The first-order valence-corrected chi connectivity index (χ1v) is 11.5. The first-order valence-electron chi connectivity index (χ1n) is 9.65. The number of thioether (sulfide) groups is 1. The van der Waals surface area contributed by atoms with Crippen molar-refractivity contribution in [2.24, 2.45) is 0 Å². The molecule has 31 heavy (non-hydrogen) atoms. The van der Waals surface area contributed by atoms with Crippen LogP contribution < -0.4 is 16.3 Å². The van der Waals surface area contributed by atoms with E-state index in [0.29, 0.717) is 17.0 Å². The SMILES string of the molecule is CC(=O)Nc1ccc2c(CSc3nnc(NCCc4ccccc4)s3)cc(=O)oc2c1. The van der Waals surface area contributed by atoms with E-state index in [2.05, 4.69) is 33.0 Å². The van der Waals surface area contributed by atoms with Gasteiger partial charge in [0, 0.05) is 42.4 Å². The van der Waals surface area contributed by atoms with Gasteiger partial charge in [-0.25, -0.2) is 4.79 Å². The molecule has 0 radical (unpaired) electrons. The number of benzene rings is 2. The van der Waals surface area contributed by atoms with Crippen LogP contribution in [0.2, 0.25) is 0 Å². The summed E-state index contributed by atoms with van der Waals surface area (Å²) >= 11 is 3.00. The molecule has 0 unspecified atom stereocenters. The van der Waals surface area contributed by atoms with Crippen LogP contribution in [-0.4, -0.2) is 22.6 Å². The Morgan fingerprint density at radius 2 is 1.97 bits per heavy atom. The van der Waals surface area contributed by atoms with Gasteiger partial charge in [0.25, 0.3) is 0 Å². The van der Waals surface area contributed by atoms with E-state index in [1.54, 1.807) is 12.1 Å². The minimum Gasteiger partial charge on any atom is -0.423 e. The lowest BCUT2D eigenvalue weighted by Crippen LogP contribution is -2.06. The summed E-state index contributed by atoms with van der Waals surface area (Å²) in [5.74, 6) is 0.373. The van der Waals surface area contributed by atoms with Gasteiger partial charge >= 0.3 is 5.63 Å². The number of fused-ring (bicyclic) bond motifs is 1. The van der Waals surface area contributed by atoms with Gasteiger partial charge < -0.3 is 15.1 Å². The molecule has 0 aliphatic carbocycles. The van der Waals surface area contributed by atoms with Gasteiger partial charge in [0.1, 0.15) is 5.58 Å². The van der Waals surface area contributed by atoms with Crippen LogP contribution in [0.4, 0.5) is 10.8 Å². The predicted octanol–water partition coefficient (Wildman–Crippen LogP) is 4.55. The van der Waals surface area contributed by atoms with Crippen molar-refractivity contribution in [1.82, 2.24) is 10.2 Å². The zero-order valence-corrected chi connectivity index (χ0v) is 18.4. The van der Waals surface area contributed by atoms with Gasteiger partial charge in [0.2, 0.25) is 11.0 Å². The third kappa shape index (κ3) is 5.71. The molecule has 2 N–H and O–H groups in total. The van der Waals surface area contributed by atoms with Crippen molar-refractivity contribution >= 4 is 50.8 Å². The predicted molar refractivity (Wildman–Crippen MR) is 125 cm³/mol. The number of nitrogens with zero attached hydrogens (tertiary/aromatic N) is 2. The summed E-state index contributed by atoms with van der Waals surface area (Å²) in [5.41, 5.74) is 2.71. The lowest BCUT2D eigenvalue weighted by Gasteiger charge is -2.07. The fourth-order valence-corrected chi connectivity index (χ4v) is 4.84. The molecule has 7 nitrogen and oxygen atoms in total. The molecule has 0 fully saturated rings. The van der Waals surface area contributed by atoms with E-state index in [-0.39, 0.29) is 5.91 Å². The average Bonchev–Trinajstić information content (AvgIpc) is 3.20. The highest BCUT2D eigenvalue weighted by molar-refractivity contribution is 8.00. The molecule has 0 aliphatic heterocycles. The minimum atomic E-state index is -0.427.